The van der Waals surface area contributed by atoms with E-state index in [2.05, 4.69) is 64.6 Å². The van der Waals surface area contributed by atoms with E-state index in [1.807, 2.05) is 0 Å². The van der Waals surface area contributed by atoms with Crippen LogP contribution in [0.15, 0.2) is 36.7 Å². The normalized spacial score (nSPS) is 14.0. The van der Waals surface area contributed by atoms with Gasteiger partial charge in [0, 0.05) is 36.3 Å². The number of thioether (sulfide) groups is 1. The van der Waals surface area contributed by atoms with Crippen molar-refractivity contribution in [1.82, 2.24) is 15.0 Å². The van der Waals surface area contributed by atoms with Crippen molar-refractivity contribution >= 4 is 34.4 Å². The Hall–Kier alpha value is -2.54. The number of aromatic nitrogens is 3. The van der Waals surface area contributed by atoms with E-state index in [0.717, 1.165) is 36.1 Å². The highest BCUT2D eigenvalue weighted by Crippen LogP contribution is 2.30. The van der Waals surface area contributed by atoms with Crippen LogP contribution in [0.3, 0.4) is 0 Å². The summed E-state index contributed by atoms with van der Waals surface area (Å²) in [6, 6.07) is 8.75. The summed E-state index contributed by atoms with van der Waals surface area (Å²) in [5, 5.41) is 4.57. The van der Waals surface area contributed by atoms with E-state index >= 15 is 0 Å². The van der Waals surface area contributed by atoms with Crippen molar-refractivity contribution in [3.05, 3.63) is 47.8 Å². The Balaban J connectivity index is 1.54. The van der Waals surface area contributed by atoms with Gasteiger partial charge in [0.15, 0.2) is 5.75 Å². The minimum absolute atomic E-state index is 0.598. The third kappa shape index (κ3) is 6.28. The minimum Gasteiger partial charge on any atom is -0.489 e. The van der Waals surface area contributed by atoms with Crippen molar-refractivity contribution in [2.45, 2.75) is 46.1 Å². The third-order valence-electron chi connectivity index (χ3n) is 6.28. The maximum Gasteiger partial charge on any atom is 0.223 e. The molecule has 7 heteroatoms. The molecule has 1 N–H and O–H groups in total. The van der Waals surface area contributed by atoms with Crippen LogP contribution in [0.25, 0.3) is 10.9 Å². The quantitative estimate of drug-likeness (QED) is 0.364. The van der Waals surface area contributed by atoms with Gasteiger partial charge in [0.25, 0.3) is 0 Å². The number of fused-ring (bicyclic) bond motifs is 1. The number of benzene rings is 1. The van der Waals surface area contributed by atoms with Crippen molar-refractivity contribution in [3.63, 3.8) is 0 Å². The van der Waals surface area contributed by atoms with E-state index in [0.29, 0.717) is 24.8 Å². The van der Waals surface area contributed by atoms with E-state index < -0.39 is 0 Å². The van der Waals surface area contributed by atoms with E-state index in [-0.39, 0.29) is 0 Å². The highest BCUT2D eigenvalue weighted by molar-refractivity contribution is 7.98. The fourth-order valence-electron chi connectivity index (χ4n) is 4.50. The van der Waals surface area contributed by atoms with Gasteiger partial charge in [-0.25, -0.2) is 15.0 Å². The van der Waals surface area contributed by atoms with Gasteiger partial charge in [-0.3, -0.25) is 0 Å². The predicted molar refractivity (Wildman–Crippen MR) is 140 cm³/mol. The molecule has 0 aliphatic heterocycles. The molecule has 4 rings (SSSR count). The van der Waals surface area contributed by atoms with Crippen molar-refractivity contribution < 1.29 is 4.74 Å². The average molecular weight is 466 g/mol. The standard InChI is InChI=1S/C26H35N5OS/c1-4-31(18-20-7-5-6-8-20)25-22(14-21-13-19(2)9-10-24(21)30-25)15-27-26-28-16-23(17-29-26)32-11-12-33-3/h9-10,13-14,16-17,20H,4-8,11-12,15,18H2,1-3H3,(H,27,28,29). The van der Waals surface area contributed by atoms with Gasteiger partial charge in [0.1, 0.15) is 5.82 Å². The number of nitrogens with zero attached hydrogens (tertiary/aromatic N) is 4. The Labute approximate surface area is 201 Å². The zero-order valence-electron chi connectivity index (χ0n) is 20.0. The number of nitrogens with one attached hydrogen (secondary N) is 1. The number of hydrogen-bond donors (Lipinski definition) is 1. The molecule has 1 aliphatic carbocycles. The second kappa shape index (κ2) is 11.5. The van der Waals surface area contributed by atoms with Crippen LogP contribution in [0.4, 0.5) is 11.8 Å². The van der Waals surface area contributed by atoms with Crippen LogP contribution in [0.5, 0.6) is 5.75 Å². The summed E-state index contributed by atoms with van der Waals surface area (Å²) in [4.78, 5) is 16.5. The van der Waals surface area contributed by atoms with Crippen LogP contribution in [-0.4, -0.2) is 46.7 Å². The van der Waals surface area contributed by atoms with Crippen molar-refractivity contribution in [2.24, 2.45) is 5.92 Å². The molecule has 0 bridgehead atoms. The molecule has 2 aromatic heterocycles. The van der Waals surface area contributed by atoms with E-state index in [9.17, 15) is 0 Å². The maximum atomic E-state index is 5.66. The summed E-state index contributed by atoms with van der Waals surface area (Å²) in [5.74, 6) is 4.09. The molecule has 6 nitrogen and oxygen atoms in total. The van der Waals surface area contributed by atoms with Gasteiger partial charge >= 0.3 is 0 Å². The molecular formula is C26H35N5OS. The second-order valence-electron chi connectivity index (χ2n) is 8.79. The van der Waals surface area contributed by atoms with Crippen molar-refractivity contribution in [3.8, 4) is 5.75 Å². The van der Waals surface area contributed by atoms with Gasteiger partial charge in [-0.15, -0.1) is 0 Å². The lowest BCUT2D eigenvalue weighted by Crippen LogP contribution is -2.30. The molecule has 1 aromatic carbocycles. The second-order valence-corrected chi connectivity index (χ2v) is 9.78. The number of rotatable bonds is 11. The zero-order valence-corrected chi connectivity index (χ0v) is 20.8. The molecule has 0 amide bonds. The summed E-state index contributed by atoms with van der Waals surface area (Å²) in [5.41, 5.74) is 3.47. The number of hydrogen-bond acceptors (Lipinski definition) is 7. The van der Waals surface area contributed by atoms with Crippen LogP contribution >= 0.6 is 11.8 Å². The Kier molecular flexibility index (Phi) is 8.26. The van der Waals surface area contributed by atoms with E-state index in [1.54, 1.807) is 24.2 Å². The zero-order chi connectivity index (χ0) is 23.0. The summed E-state index contributed by atoms with van der Waals surface area (Å²) in [7, 11) is 0. The predicted octanol–water partition coefficient (Wildman–Crippen LogP) is 5.70. The lowest BCUT2D eigenvalue weighted by atomic mass is 10.1. The Morgan fingerprint density at radius 3 is 2.67 bits per heavy atom. The first-order valence-electron chi connectivity index (χ1n) is 12.0. The number of pyridine rings is 1. The van der Waals surface area contributed by atoms with Crippen LogP contribution in [-0.2, 0) is 6.54 Å². The summed E-state index contributed by atoms with van der Waals surface area (Å²) in [6.45, 7) is 7.67. The maximum absolute atomic E-state index is 5.66. The lowest BCUT2D eigenvalue weighted by Gasteiger charge is -2.28. The Bertz CT molecular complexity index is 1040. The summed E-state index contributed by atoms with van der Waals surface area (Å²) in [6.07, 6.45) is 10.9. The molecule has 0 unspecified atom stereocenters. The first-order valence-corrected chi connectivity index (χ1v) is 13.4. The fraction of sp³-hybridized carbons (Fsp3) is 0.500. The average Bonchev–Trinajstić information content (AvgIpc) is 3.35. The monoisotopic (exact) mass is 465 g/mol. The molecule has 0 atom stereocenters. The first kappa shape index (κ1) is 23.6. The van der Waals surface area contributed by atoms with Crippen LogP contribution in [0.1, 0.15) is 43.7 Å². The molecular weight excluding hydrogens is 430 g/mol. The molecule has 0 spiro atoms. The van der Waals surface area contributed by atoms with E-state index in [1.165, 1.54) is 42.2 Å². The molecule has 1 saturated carbocycles. The Morgan fingerprint density at radius 2 is 1.94 bits per heavy atom. The number of anilines is 2. The van der Waals surface area contributed by atoms with Gasteiger partial charge in [0.05, 0.1) is 24.5 Å². The summed E-state index contributed by atoms with van der Waals surface area (Å²) >= 11 is 1.76. The van der Waals surface area contributed by atoms with Gasteiger partial charge in [0.2, 0.25) is 5.95 Å². The van der Waals surface area contributed by atoms with Crippen LogP contribution in [0, 0.1) is 12.8 Å². The lowest BCUT2D eigenvalue weighted by molar-refractivity contribution is 0.341. The molecule has 1 fully saturated rings. The van der Waals surface area contributed by atoms with E-state index in [4.69, 9.17) is 9.72 Å². The first-order chi connectivity index (χ1) is 16.2. The molecule has 2 heterocycles. The number of ether oxygens (including phenoxy) is 1. The van der Waals surface area contributed by atoms with Gasteiger partial charge in [-0.05, 0) is 57.1 Å². The van der Waals surface area contributed by atoms with Gasteiger partial charge in [-0.1, -0.05) is 24.5 Å². The molecule has 0 radical (unpaired) electrons. The minimum atomic E-state index is 0.598. The van der Waals surface area contributed by atoms with Crippen molar-refractivity contribution in [2.75, 3.05) is 41.9 Å². The highest BCUT2D eigenvalue weighted by atomic mass is 32.2. The fourth-order valence-corrected chi connectivity index (χ4v) is 4.75. The van der Waals surface area contributed by atoms with Gasteiger partial charge in [-0.2, -0.15) is 11.8 Å². The molecule has 1 aliphatic rings. The topological polar surface area (TPSA) is 63.2 Å². The highest BCUT2D eigenvalue weighted by Gasteiger charge is 2.21. The Morgan fingerprint density at radius 1 is 1.15 bits per heavy atom. The smallest absolute Gasteiger partial charge is 0.223 e. The van der Waals surface area contributed by atoms with Crippen molar-refractivity contribution in [1.29, 1.82) is 0 Å². The number of aryl methyl sites for hydroxylation is 1. The largest absolute Gasteiger partial charge is 0.489 e. The third-order valence-corrected chi connectivity index (χ3v) is 6.86. The molecule has 33 heavy (non-hydrogen) atoms. The molecule has 176 valence electrons. The van der Waals surface area contributed by atoms with Crippen LogP contribution in [0.2, 0.25) is 0 Å². The summed E-state index contributed by atoms with van der Waals surface area (Å²) < 4.78 is 5.66. The molecule has 3 aromatic rings. The van der Waals surface area contributed by atoms with Gasteiger partial charge < -0.3 is 15.0 Å². The molecule has 0 saturated heterocycles. The van der Waals surface area contributed by atoms with Crippen LogP contribution < -0.4 is 15.0 Å². The SMILES string of the molecule is CCN(CC1CCCC1)c1nc2ccc(C)cc2cc1CNc1ncc(OCCSC)cn1.